The third kappa shape index (κ3) is 1.37. The summed E-state index contributed by atoms with van der Waals surface area (Å²) in [6, 6.07) is 0. The summed E-state index contributed by atoms with van der Waals surface area (Å²) < 4.78 is 5.95. The first-order valence-electron chi connectivity index (χ1n) is 6.34. The molecule has 1 heterocycles. The minimum absolute atomic E-state index is 0.292. The highest BCUT2D eigenvalue weighted by Crippen LogP contribution is 2.53. The van der Waals surface area contributed by atoms with Crippen LogP contribution < -0.4 is 0 Å². The van der Waals surface area contributed by atoms with E-state index in [2.05, 4.69) is 13.8 Å². The van der Waals surface area contributed by atoms with E-state index in [1.807, 2.05) is 0 Å². The van der Waals surface area contributed by atoms with Crippen LogP contribution in [0, 0.1) is 17.8 Å². The highest BCUT2D eigenvalue weighted by Gasteiger charge is 2.62. The van der Waals surface area contributed by atoms with Crippen LogP contribution in [-0.2, 0) is 9.53 Å². The molecule has 15 heavy (non-hydrogen) atoms. The molecule has 2 nitrogen and oxygen atoms in total. The van der Waals surface area contributed by atoms with E-state index in [1.165, 1.54) is 12.8 Å². The quantitative estimate of drug-likeness (QED) is 0.662. The Balaban J connectivity index is 1.69. The lowest BCUT2D eigenvalue weighted by Crippen LogP contribution is -2.42. The fourth-order valence-corrected chi connectivity index (χ4v) is 3.40. The first-order valence-corrected chi connectivity index (χ1v) is 6.34. The molecule has 84 valence electrons. The first-order chi connectivity index (χ1) is 7.12. The van der Waals surface area contributed by atoms with Gasteiger partial charge < -0.3 is 4.74 Å². The molecule has 1 saturated heterocycles. The summed E-state index contributed by atoms with van der Waals surface area (Å²) in [6.07, 6.45) is 5.66. The predicted octanol–water partition coefficient (Wildman–Crippen LogP) is 2.56. The van der Waals surface area contributed by atoms with E-state index in [0.29, 0.717) is 17.8 Å². The van der Waals surface area contributed by atoms with Crippen molar-refractivity contribution in [1.29, 1.82) is 0 Å². The first kappa shape index (κ1) is 9.83. The summed E-state index contributed by atoms with van der Waals surface area (Å²) in [4.78, 5) is 12.1. The largest absolute Gasteiger partial charge is 0.363 e. The Kier molecular flexibility index (Phi) is 2.01. The molecule has 0 aromatic carbocycles. The van der Waals surface area contributed by atoms with Crippen LogP contribution in [0.25, 0.3) is 0 Å². The van der Waals surface area contributed by atoms with E-state index < -0.39 is 0 Å². The van der Waals surface area contributed by atoms with E-state index in [0.717, 1.165) is 31.1 Å². The lowest BCUT2D eigenvalue weighted by Gasteiger charge is -2.37. The molecule has 2 atom stereocenters. The maximum absolute atomic E-state index is 12.1. The van der Waals surface area contributed by atoms with Crippen LogP contribution in [0.5, 0.6) is 0 Å². The number of rotatable bonds is 1. The second kappa shape index (κ2) is 3.07. The second-order valence-corrected chi connectivity index (χ2v) is 5.94. The van der Waals surface area contributed by atoms with E-state index in [9.17, 15) is 4.79 Å². The fourth-order valence-electron chi connectivity index (χ4n) is 3.40. The van der Waals surface area contributed by atoms with Crippen molar-refractivity contribution < 1.29 is 9.53 Å². The molecule has 0 amide bonds. The molecule has 3 rings (SSSR count). The number of ether oxygens (including phenoxy) is 1. The van der Waals surface area contributed by atoms with Gasteiger partial charge >= 0.3 is 0 Å². The van der Waals surface area contributed by atoms with Crippen LogP contribution in [-0.4, -0.2) is 17.5 Å². The number of carbonyl (C=O) groups excluding carboxylic acids is 1. The molecule has 3 aliphatic rings. The average molecular weight is 208 g/mol. The van der Waals surface area contributed by atoms with Gasteiger partial charge in [-0.05, 0) is 43.9 Å². The van der Waals surface area contributed by atoms with Gasteiger partial charge in [-0.3, -0.25) is 4.79 Å². The van der Waals surface area contributed by atoms with Gasteiger partial charge in [-0.2, -0.15) is 0 Å². The summed E-state index contributed by atoms with van der Waals surface area (Å²) >= 11 is 0. The Labute approximate surface area is 91.4 Å². The standard InChI is InChI=1S/C13H20O2/c1-8(2)9-3-5-13(6-4-9)12(14)10-7-11(10)15-13/h8-11H,3-7H2,1-2H3. The van der Waals surface area contributed by atoms with Gasteiger partial charge in [-0.15, -0.1) is 0 Å². The van der Waals surface area contributed by atoms with Crippen molar-refractivity contribution in [2.24, 2.45) is 17.8 Å². The minimum Gasteiger partial charge on any atom is -0.363 e. The molecule has 0 N–H and O–H groups in total. The van der Waals surface area contributed by atoms with Crippen LogP contribution in [0.1, 0.15) is 46.0 Å². The molecular formula is C13H20O2. The number of fused-ring (bicyclic) bond motifs is 1. The van der Waals surface area contributed by atoms with E-state index in [4.69, 9.17) is 4.74 Å². The van der Waals surface area contributed by atoms with Gasteiger partial charge in [-0.1, -0.05) is 13.8 Å². The molecule has 3 fully saturated rings. The van der Waals surface area contributed by atoms with Gasteiger partial charge in [0, 0.05) is 5.92 Å². The van der Waals surface area contributed by atoms with Crippen molar-refractivity contribution in [1.82, 2.24) is 0 Å². The summed E-state index contributed by atoms with van der Waals surface area (Å²) in [5.41, 5.74) is -0.320. The van der Waals surface area contributed by atoms with Crippen molar-refractivity contribution in [3.05, 3.63) is 0 Å². The van der Waals surface area contributed by atoms with E-state index in [-0.39, 0.29) is 5.60 Å². The predicted molar refractivity (Wildman–Crippen MR) is 57.5 cm³/mol. The molecule has 2 heteroatoms. The van der Waals surface area contributed by atoms with Gasteiger partial charge in [0.15, 0.2) is 5.78 Å². The Morgan fingerprint density at radius 3 is 2.47 bits per heavy atom. The Morgan fingerprint density at radius 2 is 2.00 bits per heavy atom. The molecule has 2 aliphatic carbocycles. The second-order valence-electron chi connectivity index (χ2n) is 5.94. The maximum atomic E-state index is 12.1. The Morgan fingerprint density at radius 1 is 1.33 bits per heavy atom. The van der Waals surface area contributed by atoms with E-state index in [1.54, 1.807) is 0 Å². The number of ketones is 1. The number of hydrogen-bond donors (Lipinski definition) is 0. The average Bonchev–Trinajstić information content (AvgIpc) is 2.91. The summed E-state index contributed by atoms with van der Waals surface area (Å²) in [5.74, 6) is 2.30. The molecule has 0 aromatic rings. The van der Waals surface area contributed by atoms with Crippen LogP contribution >= 0.6 is 0 Å². The maximum Gasteiger partial charge on any atom is 0.170 e. The highest BCUT2D eigenvalue weighted by atomic mass is 16.5. The lowest BCUT2D eigenvalue weighted by atomic mass is 9.72. The molecule has 0 aromatic heterocycles. The zero-order valence-electron chi connectivity index (χ0n) is 9.66. The van der Waals surface area contributed by atoms with Gasteiger partial charge in [0.2, 0.25) is 0 Å². The molecule has 1 aliphatic heterocycles. The summed E-state index contributed by atoms with van der Waals surface area (Å²) in [7, 11) is 0. The zero-order chi connectivity index (χ0) is 10.6. The van der Waals surface area contributed by atoms with E-state index >= 15 is 0 Å². The van der Waals surface area contributed by atoms with Gasteiger partial charge in [0.1, 0.15) is 5.60 Å². The van der Waals surface area contributed by atoms with Crippen molar-refractivity contribution >= 4 is 5.78 Å². The van der Waals surface area contributed by atoms with Crippen molar-refractivity contribution in [2.75, 3.05) is 0 Å². The van der Waals surface area contributed by atoms with Crippen molar-refractivity contribution in [3.63, 3.8) is 0 Å². The van der Waals surface area contributed by atoms with Crippen LogP contribution in [0.15, 0.2) is 0 Å². The fraction of sp³-hybridized carbons (Fsp3) is 0.923. The smallest absolute Gasteiger partial charge is 0.170 e. The Bertz CT molecular complexity index is 287. The summed E-state index contributed by atoms with van der Waals surface area (Å²) in [5, 5.41) is 0. The molecular weight excluding hydrogens is 188 g/mol. The molecule has 0 radical (unpaired) electrons. The van der Waals surface area contributed by atoms with Crippen molar-refractivity contribution in [3.8, 4) is 0 Å². The minimum atomic E-state index is -0.320. The van der Waals surface area contributed by atoms with Crippen molar-refractivity contribution in [2.45, 2.75) is 57.7 Å². The topological polar surface area (TPSA) is 26.3 Å². The van der Waals surface area contributed by atoms with Crippen LogP contribution in [0.3, 0.4) is 0 Å². The zero-order valence-corrected chi connectivity index (χ0v) is 9.66. The molecule has 1 spiro atoms. The van der Waals surface area contributed by atoms with Crippen LogP contribution in [0.2, 0.25) is 0 Å². The monoisotopic (exact) mass is 208 g/mol. The number of carbonyl (C=O) groups is 1. The molecule has 2 unspecified atom stereocenters. The van der Waals surface area contributed by atoms with Crippen LogP contribution in [0.4, 0.5) is 0 Å². The normalized spacial score (nSPS) is 48.7. The van der Waals surface area contributed by atoms with Gasteiger partial charge in [0.05, 0.1) is 6.10 Å². The van der Waals surface area contributed by atoms with Gasteiger partial charge in [-0.25, -0.2) is 0 Å². The number of hydrogen-bond acceptors (Lipinski definition) is 2. The summed E-state index contributed by atoms with van der Waals surface area (Å²) in [6.45, 7) is 4.58. The third-order valence-corrected chi connectivity index (χ3v) is 4.68. The highest BCUT2D eigenvalue weighted by molar-refractivity contribution is 5.94. The molecule has 2 saturated carbocycles. The number of Topliss-reactive ketones (excluding diaryl/α,β-unsaturated/α-hetero) is 1. The lowest BCUT2D eigenvalue weighted by molar-refractivity contribution is -0.142. The molecule has 0 bridgehead atoms. The SMILES string of the molecule is CC(C)C1CCC2(CC1)OC1CC1C2=O. The Hall–Kier alpha value is -0.370. The van der Waals surface area contributed by atoms with Gasteiger partial charge in [0.25, 0.3) is 0 Å². The third-order valence-electron chi connectivity index (χ3n) is 4.68.